The van der Waals surface area contributed by atoms with E-state index in [1.54, 1.807) is 24.3 Å². The van der Waals surface area contributed by atoms with Gasteiger partial charge in [0.1, 0.15) is 6.61 Å². The second-order valence-corrected chi connectivity index (χ2v) is 4.85. The Kier molecular flexibility index (Phi) is 3.76. The first-order valence-electron chi connectivity index (χ1n) is 6.82. The summed E-state index contributed by atoms with van der Waals surface area (Å²) >= 11 is 0. The maximum absolute atomic E-state index is 12.3. The highest BCUT2D eigenvalue weighted by atomic mass is 16.6. The van der Waals surface area contributed by atoms with E-state index in [1.807, 2.05) is 30.3 Å². The smallest absolute Gasteiger partial charge is 0.417 e. The highest BCUT2D eigenvalue weighted by molar-refractivity contribution is 6.06. The van der Waals surface area contributed by atoms with Crippen LogP contribution in [0.15, 0.2) is 54.6 Å². The number of nitrogens with zero attached hydrogens (tertiary/aromatic N) is 1. The van der Waals surface area contributed by atoms with Gasteiger partial charge in [0.2, 0.25) is 0 Å². The number of hydrogen-bond acceptors (Lipinski definition) is 4. The molecule has 0 radical (unpaired) electrons. The van der Waals surface area contributed by atoms with Crippen LogP contribution in [0, 0.1) is 0 Å². The second-order valence-electron chi connectivity index (χ2n) is 4.85. The molecule has 1 aliphatic heterocycles. The number of hydrogen-bond donors (Lipinski definition) is 2. The average molecular weight is 297 g/mol. The first-order chi connectivity index (χ1) is 10.7. The van der Waals surface area contributed by atoms with Crippen LogP contribution in [0.2, 0.25) is 0 Å². The molecule has 1 atom stereocenters. The predicted octanol–water partition coefficient (Wildman–Crippen LogP) is 1.82. The van der Waals surface area contributed by atoms with Crippen molar-refractivity contribution in [1.82, 2.24) is 5.32 Å². The maximum atomic E-state index is 12.3. The van der Waals surface area contributed by atoms with E-state index in [0.717, 1.165) is 5.56 Å². The molecular formula is C16H15N3O3. The van der Waals surface area contributed by atoms with Crippen LogP contribution in [0.4, 0.5) is 10.5 Å². The Hall–Kier alpha value is -2.86. The number of nitrogens with one attached hydrogen (secondary N) is 1. The van der Waals surface area contributed by atoms with E-state index in [2.05, 4.69) is 5.32 Å². The number of amides is 2. The molecule has 2 aromatic carbocycles. The minimum atomic E-state index is -0.953. The molecule has 2 amide bonds. The molecule has 22 heavy (non-hydrogen) atoms. The van der Waals surface area contributed by atoms with Gasteiger partial charge < -0.3 is 10.1 Å². The Morgan fingerprint density at radius 2 is 1.82 bits per heavy atom. The molecule has 1 heterocycles. The van der Waals surface area contributed by atoms with Gasteiger partial charge in [-0.25, -0.2) is 9.69 Å². The Bertz CT molecular complexity index is 703. The third-order valence-electron chi connectivity index (χ3n) is 3.37. The lowest BCUT2D eigenvalue weighted by Crippen LogP contribution is -2.60. The van der Waals surface area contributed by atoms with Crippen LogP contribution in [0.1, 0.15) is 15.9 Å². The largest absolute Gasteiger partial charge is 0.444 e. The van der Waals surface area contributed by atoms with Gasteiger partial charge in [-0.3, -0.25) is 10.5 Å². The van der Waals surface area contributed by atoms with E-state index in [9.17, 15) is 9.59 Å². The molecule has 0 saturated carbocycles. The fraction of sp³-hybridized carbons (Fsp3) is 0.125. The lowest BCUT2D eigenvalue weighted by Gasteiger charge is -2.33. The van der Waals surface area contributed by atoms with Gasteiger partial charge in [0.25, 0.3) is 5.91 Å². The fourth-order valence-electron chi connectivity index (χ4n) is 2.30. The van der Waals surface area contributed by atoms with E-state index in [1.165, 1.54) is 4.90 Å². The lowest BCUT2D eigenvalue weighted by molar-refractivity contribution is 0.0922. The Morgan fingerprint density at radius 3 is 2.59 bits per heavy atom. The molecule has 1 unspecified atom stereocenters. The van der Waals surface area contributed by atoms with Crippen LogP contribution < -0.4 is 16.0 Å². The van der Waals surface area contributed by atoms with Crippen molar-refractivity contribution in [2.75, 3.05) is 4.90 Å². The molecule has 0 bridgehead atoms. The zero-order valence-corrected chi connectivity index (χ0v) is 11.7. The molecule has 0 fully saturated rings. The first-order valence-corrected chi connectivity index (χ1v) is 6.82. The number of carbonyl (C=O) groups excluding carboxylic acids is 2. The predicted molar refractivity (Wildman–Crippen MR) is 81.0 cm³/mol. The number of carbonyl (C=O) groups is 2. The van der Waals surface area contributed by atoms with Crippen molar-refractivity contribution in [1.29, 1.82) is 0 Å². The normalized spacial score (nSPS) is 16.7. The molecule has 112 valence electrons. The Balaban J connectivity index is 1.80. The number of para-hydroxylation sites is 1. The zero-order chi connectivity index (χ0) is 15.5. The third kappa shape index (κ3) is 2.64. The summed E-state index contributed by atoms with van der Waals surface area (Å²) in [5.41, 5.74) is 7.55. The number of fused-ring (bicyclic) bond motifs is 1. The molecule has 0 aromatic heterocycles. The van der Waals surface area contributed by atoms with Crippen molar-refractivity contribution >= 4 is 17.7 Å². The third-order valence-corrected chi connectivity index (χ3v) is 3.37. The van der Waals surface area contributed by atoms with Crippen molar-refractivity contribution in [2.45, 2.75) is 12.9 Å². The molecule has 2 aromatic rings. The van der Waals surface area contributed by atoms with Crippen molar-refractivity contribution in [3.05, 3.63) is 65.7 Å². The number of nitrogens with two attached hydrogens (primary N) is 1. The van der Waals surface area contributed by atoms with E-state index in [0.29, 0.717) is 11.3 Å². The van der Waals surface area contributed by atoms with Crippen LogP contribution in [0.25, 0.3) is 0 Å². The second kappa shape index (κ2) is 5.87. The molecule has 0 aliphatic carbocycles. The molecule has 0 spiro atoms. The number of anilines is 1. The molecule has 6 nitrogen and oxygen atoms in total. The standard InChI is InChI=1S/C16H15N3O3/c17-15-18-14(20)12-8-4-5-9-13(12)19(15)16(21)22-10-11-6-2-1-3-7-11/h1-9,15H,10,17H2,(H,18,20). The van der Waals surface area contributed by atoms with E-state index >= 15 is 0 Å². The van der Waals surface area contributed by atoms with E-state index < -0.39 is 12.4 Å². The first kappa shape index (κ1) is 14.1. The van der Waals surface area contributed by atoms with Gasteiger partial charge >= 0.3 is 6.09 Å². The molecule has 6 heteroatoms. The lowest BCUT2D eigenvalue weighted by atomic mass is 10.1. The fourth-order valence-corrected chi connectivity index (χ4v) is 2.30. The number of benzene rings is 2. The van der Waals surface area contributed by atoms with E-state index in [4.69, 9.17) is 10.5 Å². The summed E-state index contributed by atoms with van der Waals surface area (Å²) in [4.78, 5) is 25.4. The SMILES string of the molecule is NC1NC(=O)c2ccccc2N1C(=O)OCc1ccccc1. The summed E-state index contributed by atoms with van der Waals surface area (Å²) in [6.07, 6.45) is -1.56. The summed E-state index contributed by atoms with van der Waals surface area (Å²) < 4.78 is 5.29. The van der Waals surface area contributed by atoms with Gasteiger partial charge in [-0.05, 0) is 17.7 Å². The Labute approximate surface area is 127 Å². The highest BCUT2D eigenvalue weighted by Crippen LogP contribution is 2.25. The van der Waals surface area contributed by atoms with Crippen LogP contribution in [-0.4, -0.2) is 18.3 Å². The summed E-state index contributed by atoms with van der Waals surface area (Å²) in [6.45, 7) is 0.138. The monoisotopic (exact) mass is 297 g/mol. The zero-order valence-electron chi connectivity index (χ0n) is 11.7. The van der Waals surface area contributed by atoms with Gasteiger partial charge in [-0.1, -0.05) is 42.5 Å². The molecule has 1 aliphatic rings. The van der Waals surface area contributed by atoms with Crippen LogP contribution in [0.3, 0.4) is 0 Å². The summed E-state index contributed by atoms with van der Waals surface area (Å²) in [7, 11) is 0. The number of rotatable bonds is 2. The van der Waals surface area contributed by atoms with Crippen molar-refractivity contribution in [3.63, 3.8) is 0 Å². The van der Waals surface area contributed by atoms with Gasteiger partial charge in [-0.2, -0.15) is 0 Å². The summed E-state index contributed by atoms with van der Waals surface area (Å²) in [5.74, 6) is -0.310. The number of ether oxygens (including phenoxy) is 1. The van der Waals surface area contributed by atoms with Gasteiger partial charge in [0.05, 0.1) is 11.3 Å². The van der Waals surface area contributed by atoms with Crippen molar-refractivity contribution in [3.8, 4) is 0 Å². The van der Waals surface area contributed by atoms with Crippen molar-refractivity contribution in [2.24, 2.45) is 5.73 Å². The molecule has 3 N–H and O–H groups in total. The van der Waals surface area contributed by atoms with Crippen LogP contribution >= 0.6 is 0 Å². The summed E-state index contributed by atoms with van der Waals surface area (Å²) in [5, 5.41) is 2.53. The van der Waals surface area contributed by atoms with Crippen LogP contribution in [-0.2, 0) is 11.3 Å². The molecular weight excluding hydrogens is 282 g/mol. The van der Waals surface area contributed by atoms with Crippen LogP contribution in [0.5, 0.6) is 0 Å². The van der Waals surface area contributed by atoms with E-state index in [-0.39, 0.29) is 12.5 Å². The molecule has 3 rings (SSSR count). The minimum absolute atomic E-state index is 0.138. The minimum Gasteiger partial charge on any atom is -0.444 e. The average Bonchev–Trinajstić information content (AvgIpc) is 2.54. The topological polar surface area (TPSA) is 84.7 Å². The molecule has 0 saturated heterocycles. The quantitative estimate of drug-likeness (QED) is 0.885. The summed E-state index contributed by atoms with van der Waals surface area (Å²) in [6, 6.07) is 16.1. The highest BCUT2D eigenvalue weighted by Gasteiger charge is 2.33. The maximum Gasteiger partial charge on any atom is 0.417 e. The Morgan fingerprint density at radius 1 is 1.14 bits per heavy atom. The van der Waals surface area contributed by atoms with Gasteiger partial charge in [-0.15, -0.1) is 0 Å². The van der Waals surface area contributed by atoms with Gasteiger partial charge in [0, 0.05) is 0 Å². The van der Waals surface area contributed by atoms with Gasteiger partial charge in [0.15, 0.2) is 6.29 Å². The van der Waals surface area contributed by atoms with Crippen molar-refractivity contribution < 1.29 is 14.3 Å².